The summed E-state index contributed by atoms with van der Waals surface area (Å²) in [6, 6.07) is 3.91. The van der Waals surface area contributed by atoms with E-state index in [1.54, 1.807) is 12.3 Å². The van der Waals surface area contributed by atoms with Gasteiger partial charge in [-0.3, -0.25) is 0 Å². The van der Waals surface area contributed by atoms with Crippen LogP contribution >= 0.6 is 0 Å². The number of piperidine rings is 1. The number of hydrogen-bond donors (Lipinski definition) is 1. The summed E-state index contributed by atoms with van der Waals surface area (Å²) in [6.07, 6.45) is 3.77. The molecule has 0 amide bonds. The first-order valence-corrected chi connectivity index (χ1v) is 5.94. The Labute approximate surface area is 101 Å². The van der Waals surface area contributed by atoms with E-state index in [9.17, 15) is 0 Å². The normalized spacial score (nSPS) is 18.8. The first-order valence-electron chi connectivity index (χ1n) is 5.94. The summed E-state index contributed by atoms with van der Waals surface area (Å²) < 4.78 is 0. The van der Waals surface area contributed by atoms with Gasteiger partial charge >= 0.3 is 0 Å². The Hall–Kier alpha value is -1.67. The number of nitriles is 1. The van der Waals surface area contributed by atoms with Crippen LogP contribution in [0.5, 0.6) is 0 Å². The monoisotopic (exact) mass is 231 g/mol. The standard InChI is InChI=1S/C12H17N5/c1-9(14)10-3-6-17(7-4-10)12-15-5-2-11(8-13)16-12/h2,5,9-10H,3-4,6-7,14H2,1H3. The zero-order valence-corrected chi connectivity index (χ0v) is 10.0. The summed E-state index contributed by atoms with van der Waals surface area (Å²) >= 11 is 0. The van der Waals surface area contributed by atoms with Crippen molar-refractivity contribution in [1.29, 1.82) is 5.26 Å². The zero-order chi connectivity index (χ0) is 12.3. The summed E-state index contributed by atoms with van der Waals surface area (Å²) in [4.78, 5) is 10.5. The van der Waals surface area contributed by atoms with Crippen LogP contribution < -0.4 is 10.6 Å². The Morgan fingerprint density at radius 3 is 2.82 bits per heavy atom. The fourth-order valence-electron chi connectivity index (χ4n) is 2.19. The van der Waals surface area contributed by atoms with Crippen LogP contribution in [0.2, 0.25) is 0 Å². The van der Waals surface area contributed by atoms with E-state index < -0.39 is 0 Å². The second-order valence-corrected chi connectivity index (χ2v) is 4.54. The van der Waals surface area contributed by atoms with E-state index in [2.05, 4.69) is 21.8 Å². The Morgan fingerprint density at radius 1 is 1.53 bits per heavy atom. The van der Waals surface area contributed by atoms with Gasteiger partial charge in [0.2, 0.25) is 5.95 Å². The number of aromatic nitrogens is 2. The van der Waals surface area contributed by atoms with E-state index in [0.29, 0.717) is 17.6 Å². The highest BCUT2D eigenvalue weighted by molar-refractivity contribution is 5.34. The van der Waals surface area contributed by atoms with Crippen molar-refractivity contribution in [3.63, 3.8) is 0 Å². The predicted molar refractivity (Wildman–Crippen MR) is 65.3 cm³/mol. The first kappa shape index (κ1) is 11.8. The molecule has 0 aromatic carbocycles. The second-order valence-electron chi connectivity index (χ2n) is 4.54. The molecular weight excluding hydrogens is 214 g/mol. The lowest BCUT2D eigenvalue weighted by atomic mass is 9.91. The Morgan fingerprint density at radius 2 is 2.24 bits per heavy atom. The molecule has 1 aliphatic heterocycles. The van der Waals surface area contributed by atoms with Crippen LogP contribution in [-0.2, 0) is 0 Å². The van der Waals surface area contributed by atoms with Crippen LogP contribution in [0.25, 0.3) is 0 Å². The fourth-order valence-corrected chi connectivity index (χ4v) is 2.19. The molecule has 5 heteroatoms. The molecular formula is C12H17N5. The maximum atomic E-state index is 8.80. The Kier molecular flexibility index (Phi) is 3.55. The van der Waals surface area contributed by atoms with Gasteiger partial charge in [-0.05, 0) is 31.7 Å². The van der Waals surface area contributed by atoms with Gasteiger partial charge < -0.3 is 10.6 Å². The highest BCUT2D eigenvalue weighted by atomic mass is 15.2. The van der Waals surface area contributed by atoms with Crippen molar-refractivity contribution in [3.8, 4) is 6.07 Å². The van der Waals surface area contributed by atoms with E-state index in [-0.39, 0.29) is 6.04 Å². The lowest BCUT2D eigenvalue weighted by Gasteiger charge is -2.33. The third-order valence-electron chi connectivity index (χ3n) is 3.32. The van der Waals surface area contributed by atoms with E-state index in [0.717, 1.165) is 25.9 Å². The van der Waals surface area contributed by atoms with Crippen LogP contribution in [0.15, 0.2) is 12.3 Å². The van der Waals surface area contributed by atoms with Crippen LogP contribution in [0.1, 0.15) is 25.5 Å². The second kappa shape index (κ2) is 5.11. The van der Waals surface area contributed by atoms with Gasteiger partial charge in [0, 0.05) is 25.3 Å². The molecule has 0 bridgehead atoms. The van der Waals surface area contributed by atoms with Crippen LogP contribution in [0.4, 0.5) is 5.95 Å². The average molecular weight is 231 g/mol. The highest BCUT2D eigenvalue weighted by Crippen LogP contribution is 2.22. The zero-order valence-electron chi connectivity index (χ0n) is 10.0. The molecule has 2 N–H and O–H groups in total. The van der Waals surface area contributed by atoms with Gasteiger partial charge in [0.05, 0.1) is 0 Å². The van der Waals surface area contributed by atoms with Crippen molar-refractivity contribution in [2.75, 3.05) is 18.0 Å². The van der Waals surface area contributed by atoms with Crippen molar-refractivity contribution >= 4 is 5.95 Å². The van der Waals surface area contributed by atoms with E-state index in [1.807, 2.05) is 6.07 Å². The van der Waals surface area contributed by atoms with Gasteiger partial charge in [0.15, 0.2) is 0 Å². The largest absolute Gasteiger partial charge is 0.341 e. The van der Waals surface area contributed by atoms with Crippen molar-refractivity contribution in [1.82, 2.24) is 9.97 Å². The van der Waals surface area contributed by atoms with Crippen LogP contribution in [0, 0.1) is 17.2 Å². The van der Waals surface area contributed by atoms with Crippen molar-refractivity contribution in [2.24, 2.45) is 11.7 Å². The minimum Gasteiger partial charge on any atom is -0.341 e. The SMILES string of the molecule is CC(N)C1CCN(c2nccc(C#N)n2)CC1. The summed E-state index contributed by atoms with van der Waals surface area (Å²) in [5.41, 5.74) is 6.32. The quantitative estimate of drug-likeness (QED) is 0.818. The summed E-state index contributed by atoms with van der Waals surface area (Å²) in [7, 11) is 0. The van der Waals surface area contributed by atoms with E-state index in [1.165, 1.54) is 0 Å². The third-order valence-corrected chi connectivity index (χ3v) is 3.32. The van der Waals surface area contributed by atoms with Crippen LogP contribution in [-0.4, -0.2) is 29.1 Å². The molecule has 0 radical (unpaired) electrons. The Balaban J connectivity index is 2.03. The molecule has 2 rings (SSSR count). The lowest BCUT2D eigenvalue weighted by molar-refractivity contribution is 0.352. The number of rotatable bonds is 2. The molecule has 0 saturated carbocycles. The molecule has 1 atom stereocenters. The smallest absolute Gasteiger partial charge is 0.226 e. The molecule has 0 spiro atoms. The van der Waals surface area contributed by atoms with Crippen molar-refractivity contribution < 1.29 is 0 Å². The molecule has 5 nitrogen and oxygen atoms in total. The van der Waals surface area contributed by atoms with Gasteiger partial charge in [0.25, 0.3) is 0 Å². The molecule has 1 aliphatic rings. The van der Waals surface area contributed by atoms with Crippen molar-refractivity contribution in [2.45, 2.75) is 25.8 Å². The molecule has 2 heterocycles. The average Bonchev–Trinajstić information content (AvgIpc) is 2.39. The summed E-state index contributed by atoms with van der Waals surface area (Å²) in [5.74, 6) is 1.25. The molecule has 1 unspecified atom stereocenters. The van der Waals surface area contributed by atoms with Gasteiger partial charge in [-0.15, -0.1) is 0 Å². The molecule has 90 valence electrons. The van der Waals surface area contributed by atoms with Gasteiger partial charge in [0.1, 0.15) is 11.8 Å². The van der Waals surface area contributed by atoms with Gasteiger partial charge in [-0.2, -0.15) is 5.26 Å². The molecule has 0 aliphatic carbocycles. The number of nitrogens with zero attached hydrogens (tertiary/aromatic N) is 4. The molecule has 1 aromatic heterocycles. The minimum atomic E-state index is 0.253. The molecule has 1 saturated heterocycles. The molecule has 1 aromatic rings. The number of nitrogens with two attached hydrogens (primary N) is 1. The van der Waals surface area contributed by atoms with Gasteiger partial charge in [-0.25, -0.2) is 9.97 Å². The topological polar surface area (TPSA) is 78.8 Å². The number of anilines is 1. The summed E-state index contributed by atoms with van der Waals surface area (Å²) in [5, 5.41) is 8.80. The third kappa shape index (κ3) is 2.71. The molecule has 17 heavy (non-hydrogen) atoms. The maximum absolute atomic E-state index is 8.80. The fraction of sp³-hybridized carbons (Fsp3) is 0.583. The summed E-state index contributed by atoms with van der Waals surface area (Å²) in [6.45, 7) is 3.90. The number of hydrogen-bond acceptors (Lipinski definition) is 5. The van der Waals surface area contributed by atoms with E-state index in [4.69, 9.17) is 11.0 Å². The minimum absolute atomic E-state index is 0.253. The van der Waals surface area contributed by atoms with Crippen LogP contribution in [0.3, 0.4) is 0 Å². The predicted octanol–water partition coefficient (Wildman–Crippen LogP) is 0.912. The Bertz CT molecular complexity index is 415. The molecule has 1 fully saturated rings. The van der Waals surface area contributed by atoms with Gasteiger partial charge in [-0.1, -0.05) is 0 Å². The maximum Gasteiger partial charge on any atom is 0.226 e. The highest BCUT2D eigenvalue weighted by Gasteiger charge is 2.23. The lowest BCUT2D eigenvalue weighted by Crippen LogP contribution is -2.40. The van der Waals surface area contributed by atoms with Crippen molar-refractivity contribution in [3.05, 3.63) is 18.0 Å². The van der Waals surface area contributed by atoms with E-state index >= 15 is 0 Å². The first-order chi connectivity index (χ1) is 8.20.